The fraction of sp³-hybridized carbons (Fsp3) is 0.435. The van der Waals surface area contributed by atoms with Gasteiger partial charge in [-0.15, -0.1) is 0 Å². The molecule has 2 fully saturated rings. The number of urea groups is 1. The van der Waals surface area contributed by atoms with Gasteiger partial charge in [-0.05, 0) is 42.7 Å². The van der Waals surface area contributed by atoms with Crippen molar-refractivity contribution in [1.29, 1.82) is 0 Å². The Labute approximate surface area is 196 Å². The van der Waals surface area contributed by atoms with Crippen LogP contribution in [0.2, 0.25) is 10.0 Å². The summed E-state index contributed by atoms with van der Waals surface area (Å²) >= 11 is 12.6. The molecule has 1 aliphatic carbocycles. The third-order valence-electron chi connectivity index (χ3n) is 6.62. The Morgan fingerprint density at radius 3 is 2.66 bits per heavy atom. The number of hydrogen-bond acceptors (Lipinski definition) is 4. The van der Waals surface area contributed by atoms with Crippen molar-refractivity contribution in [2.24, 2.45) is 0 Å². The van der Waals surface area contributed by atoms with Gasteiger partial charge in [0.2, 0.25) is 0 Å². The largest absolute Gasteiger partial charge is 0.482 e. The molecule has 32 heavy (non-hydrogen) atoms. The quantitative estimate of drug-likeness (QED) is 0.716. The zero-order valence-electron chi connectivity index (χ0n) is 17.6. The molecular formula is C23H24Cl2FN3O3. The number of anilines is 1. The topological polar surface area (TPSA) is 56.3 Å². The minimum absolute atomic E-state index is 0.0812. The molecule has 0 spiro atoms. The number of fused-ring (bicyclic) bond motifs is 1. The number of hydrogen-bond donors (Lipinski definition) is 1. The van der Waals surface area contributed by atoms with Crippen molar-refractivity contribution in [1.82, 2.24) is 9.80 Å². The number of nitrogens with zero attached hydrogens (tertiary/aromatic N) is 3. The second-order valence-electron chi connectivity index (χ2n) is 8.67. The second-order valence-corrected chi connectivity index (χ2v) is 9.52. The number of benzene rings is 2. The Balaban J connectivity index is 1.50. The standard InChI is InChI=1S/C23H24Cl2FN3O3/c1-27-6-7-29(23(27)31)14-2-3-18(25)21(10-14)32-22-17-8-13(24)9-19(26)16(17)11-20(22)28-5-4-15(30)12-28/h2-3,8-10,15,20,22,30H,4-7,11-12H2,1H3/t15-,20+,22+/m1/s1. The number of aliphatic hydroxyl groups excluding tert-OH is 1. The maximum absolute atomic E-state index is 14.7. The van der Waals surface area contributed by atoms with Gasteiger partial charge in [-0.1, -0.05) is 23.2 Å². The normalized spacial score (nSPS) is 25.7. The molecule has 2 amide bonds. The van der Waals surface area contributed by atoms with Crippen LogP contribution in [-0.2, 0) is 6.42 Å². The van der Waals surface area contributed by atoms with Crippen molar-refractivity contribution in [3.05, 3.63) is 57.3 Å². The molecule has 2 aromatic carbocycles. The van der Waals surface area contributed by atoms with Crippen molar-refractivity contribution >= 4 is 34.9 Å². The monoisotopic (exact) mass is 479 g/mol. The zero-order valence-corrected chi connectivity index (χ0v) is 19.1. The Morgan fingerprint density at radius 1 is 1.16 bits per heavy atom. The summed E-state index contributed by atoms with van der Waals surface area (Å²) < 4.78 is 21.2. The van der Waals surface area contributed by atoms with E-state index in [-0.39, 0.29) is 17.9 Å². The van der Waals surface area contributed by atoms with Crippen molar-refractivity contribution in [3.8, 4) is 5.75 Å². The number of halogens is 3. The van der Waals surface area contributed by atoms with Crippen LogP contribution in [0.4, 0.5) is 14.9 Å². The zero-order chi connectivity index (χ0) is 22.6. The van der Waals surface area contributed by atoms with Gasteiger partial charge in [0.1, 0.15) is 17.7 Å². The number of carbonyl (C=O) groups is 1. The molecule has 3 atom stereocenters. The smallest absolute Gasteiger partial charge is 0.324 e. The lowest BCUT2D eigenvalue weighted by Gasteiger charge is -2.30. The van der Waals surface area contributed by atoms with Crippen LogP contribution in [0.15, 0.2) is 30.3 Å². The van der Waals surface area contributed by atoms with Gasteiger partial charge < -0.3 is 14.7 Å². The van der Waals surface area contributed by atoms with E-state index < -0.39 is 12.2 Å². The molecule has 0 saturated carbocycles. The van der Waals surface area contributed by atoms with Crippen LogP contribution in [0.25, 0.3) is 0 Å². The van der Waals surface area contributed by atoms with E-state index in [2.05, 4.69) is 4.90 Å². The summed E-state index contributed by atoms with van der Waals surface area (Å²) in [6.07, 6.45) is 0.220. The molecular weight excluding hydrogens is 456 g/mol. The molecule has 0 bridgehead atoms. The summed E-state index contributed by atoms with van der Waals surface area (Å²) in [7, 11) is 1.76. The van der Waals surface area contributed by atoms with Gasteiger partial charge >= 0.3 is 6.03 Å². The lowest BCUT2D eigenvalue weighted by atomic mass is 10.1. The molecule has 0 aromatic heterocycles. The summed E-state index contributed by atoms with van der Waals surface area (Å²) in [5.41, 5.74) is 1.97. The van der Waals surface area contributed by atoms with Crippen molar-refractivity contribution in [2.45, 2.75) is 31.1 Å². The molecule has 3 aliphatic rings. The number of likely N-dealkylation sites (tertiary alicyclic amines) is 1. The van der Waals surface area contributed by atoms with E-state index in [1.54, 1.807) is 41.1 Å². The molecule has 6 nitrogen and oxygen atoms in total. The summed E-state index contributed by atoms with van der Waals surface area (Å²) in [5, 5.41) is 10.8. The van der Waals surface area contributed by atoms with Crippen LogP contribution in [0.3, 0.4) is 0 Å². The van der Waals surface area contributed by atoms with Crippen LogP contribution in [-0.4, -0.2) is 66.3 Å². The van der Waals surface area contributed by atoms with Crippen molar-refractivity contribution in [2.75, 3.05) is 38.1 Å². The molecule has 5 rings (SSSR count). The molecule has 0 unspecified atom stereocenters. The first kappa shape index (κ1) is 21.8. The molecule has 2 aromatic rings. The van der Waals surface area contributed by atoms with E-state index in [0.717, 1.165) is 0 Å². The number of carbonyl (C=O) groups excluding carboxylic acids is 1. The van der Waals surface area contributed by atoms with E-state index >= 15 is 0 Å². The van der Waals surface area contributed by atoms with Crippen molar-refractivity contribution in [3.63, 3.8) is 0 Å². The highest BCUT2D eigenvalue weighted by Gasteiger charge is 2.42. The lowest BCUT2D eigenvalue weighted by Crippen LogP contribution is -2.39. The number of amides is 2. The average Bonchev–Trinajstić information content (AvgIpc) is 3.42. The first-order chi connectivity index (χ1) is 15.3. The van der Waals surface area contributed by atoms with E-state index in [4.69, 9.17) is 27.9 Å². The van der Waals surface area contributed by atoms with Crippen LogP contribution in [0.5, 0.6) is 5.75 Å². The van der Waals surface area contributed by atoms with Crippen molar-refractivity contribution < 1.29 is 19.0 Å². The Hall–Kier alpha value is -2.06. The third-order valence-corrected chi connectivity index (χ3v) is 7.16. The first-order valence-corrected chi connectivity index (χ1v) is 11.5. The summed E-state index contributed by atoms with van der Waals surface area (Å²) in [6.45, 7) is 2.44. The van der Waals surface area contributed by atoms with E-state index in [0.29, 0.717) is 71.6 Å². The van der Waals surface area contributed by atoms with E-state index in [1.807, 2.05) is 0 Å². The fourth-order valence-corrected chi connectivity index (χ4v) is 5.30. The molecule has 2 heterocycles. The Morgan fingerprint density at radius 2 is 1.97 bits per heavy atom. The summed E-state index contributed by atoms with van der Waals surface area (Å²) in [5.74, 6) is 0.0726. The average molecular weight is 480 g/mol. The van der Waals surface area contributed by atoms with E-state index in [1.165, 1.54) is 6.07 Å². The van der Waals surface area contributed by atoms with Crippen LogP contribution in [0.1, 0.15) is 23.7 Å². The molecule has 9 heteroatoms. The number of rotatable bonds is 4. The maximum Gasteiger partial charge on any atom is 0.324 e. The predicted octanol–water partition coefficient (Wildman–Crippen LogP) is 4.12. The Bertz CT molecular complexity index is 1070. The molecule has 1 N–H and O–H groups in total. The number of ether oxygens (including phenoxy) is 1. The van der Waals surface area contributed by atoms with E-state index in [9.17, 15) is 14.3 Å². The fourth-order valence-electron chi connectivity index (χ4n) is 4.92. The number of aliphatic hydroxyl groups is 1. The van der Waals surface area contributed by atoms with Gasteiger partial charge in [-0.2, -0.15) is 0 Å². The minimum Gasteiger partial charge on any atom is -0.482 e. The number of likely N-dealkylation sites (N-methyl/N-ethyl adjacent to an activating group) is 1. The molecule has 170 valence electrons. The summed E-state index contributed by atoms with van der Waals surface area (Å²) in [6, 6.07) is 8.08. The molecule has 2 saturated heterocycles. The Kier molecular flexibility index (Phi) is 5.70. The first-order valence-electron chi connectivity index (χ1n) is 10.7. The number of β-amino-alcohol motifs (C(OH)–C–C–N with tert-alkyl or cyclic N) is 1. The highest BCUT2D eigenvalue weighted by atomic mass is 35.5. The highest BCUT2D eigenvalue weighted by Crippen LogP contribution is 2.43. The van der Waals surface area contributed by atoms with Crippen LogP contribution in [0, 0.1) is 5.82 Å². The second kappa shape index (κ2) is 8.37. The third kappa shape index (κ3) is 3.81. The van der Waals surface area contributed by atoms with Gasteiger partial charge in [0, 0.05) is 55.6 Å². The van der Waals surface area contributed by atoms with Gasteiger partial charge in [0.25, 0.3) is 0 Å². The minimum atomic E-state index is -0.506. The van der Waals surface area contributed by atoms with Crippen LogP contribution >= 0.6 is 23.2 Å². The van der Waals surface area contributed by atoms with Gasteiger partial charge in [-0.25, -0.2) is 9.18 Å². The summed E-state index contributed by atoms with van der Waals surface area (Å²) in [4.78, 5) is 17.9. The SMILES string of the molecule is CN1CCN(c2ccc(Cl)c(O[C@H]3c4cc(Cl)cc(F)c4C[C@@H]3N3CC[C@@H](O)C3)c2)C1=O. The molecule has 0 radical (unpaired) electrons. The highest BCUT2D eigenvalue weighted by molar-refractivity contribution is 6.32. The lowest BCUT2D eigenvalue weighted by molar-refractivity contribution is 0.0819. The van der Waals surface area contributed by atoms with Gasteiger partial charge in [0.05, 0.1) is 17.2 Å². The van der Waals surface area contributed by atoms with Gasteiger partial charge in [-0.3, -0.25) is 9.80 Å². The maximum atomic E-state index is 14.7. The van der Waals surface area contributed by atoms with Crippen LogP contribution < -0.4 is 9.64 Å². The predicted molar refractivity (Wildman–Crippen MR) is 121 cm³/mol. The van der Waals surface area contributed by atoms with Gasteiger partial charge in [0.15, 0.2) is 0 Å². The molecule has 2 aliphatic heterocycles.